The second-order valence-electron chi connectivity index (χ2n) is 5.96. The molecule has 0 bridgehead atoms. The van der Waals surface area contributed by atoms with Gasteiger partial charge in [0.05, 0.1) is 13.0 Å². The molecular formula is C17H27ClN2O2. The van der Waals surface area contributed by atoms with Gasteiger partial charge in [0.1, 0.15) is 5.75 Å². The van der Waals surface area contributed by atoms with E-state index in [0.717, 1.165) is 25.4 Å². The van der Waals surface area contributed by atoms with Crippen LogP contribution >= 0.6 is 12.4 Å². The Kier molecular flexibility index (Phi) is 7.69. The summed E-state index contributed by atoms with van der Waals surface area (Å²) in [7, 11) is 0. The molecule has 0 saturated carbocycles. The smallest absolute Gasteiger partial charge is 0.226 e. The van der Waals surface area contributed by atoms with Gasteiger partial charge in [-0.25, -0.2) is 0 Å². The Hall–Kier alpha value is -1.26. The summed E-state index contributed by atoms with van der Waals surface area (Å²) in [6.07, 6.45) is 0.441. The van der Waals surface area contributed by atoms with Crippen LogP contribution in [0.15, 0.2) is 24.3 Å². The van der Waals surface area contributed by atoms with Crippen molar-refractivity contribution in [1.82, 2.24) is 10.2 Å². The lowest BCUT2D eigenvalue weighted by atomic mass is 10.0. The third-order valence-corrected chi connectivity index (χ3v) is 3.95. The molecule has 1 amide bonds. The predicted octanol–water partition coefficient (Wildman–Crippen LogP) is 2.82. The molecule has 5 heteroatoms. The molecule has 0 radical (unpaired) electrons. The number of piperazine rings is 1. The average molecular weight is 327 g/mol. The first kappa shape index (κ1) is 18.8. The fourth-order valence-corrected chi connectivity index (χ4v) is 2.56. The lowest BCUT2D eigenvalue weighted by Gasteiger charge is -2.34. The summed E-state index contributed by atoms with van der Waals surface area (Å²) < 4.78 is 5.67. The van der Waals surface area contributed by atoms with Crippen molar-refractivity contribution in [3.05, 3.63) is 29.8 Å². The number of rotatable bonds is 5. The van der Waals surface area contributed by atoms with Crippen LogP contribution in [-0.2, 0) is 4.79 Å². The molecular weight excluding hydrogens is 300 g/mol. The zero-order valence-corrected chi connectivity index (χ0v) is 14.5. The van der Waals surface area contributed by atoms with Gasteiger partial charge in [0.2, 0.25) is 5.91 Å². The first-order valence-corrected chi connectivity index (χ1v) is 7.81. The zero-order valence-electron chi connectivity index (χ0n) is 13.7. The van der Waals surface area contributed by atoms with Crippen molar-refractivity contribution in [2.45, 2.75) is 39.2 Å². The highest BCUT2D eigenvalue weighted by Crippen LogP contribution is 2.18. The Labute approximate surface area is 139 Å². The molecule has 1 aliphatic heterocycles. The molecule has 1 heterocycles. The van der Waals surface area contributed by atoms with E-state index in [1.54, 1.807) is 0 Å². The van der Waals surface area contributed by atoms with E-state index in [-0.39, 0.29) is 24.4 Å². The van der Waals surface area contributed by atoms with Crippen LogP contribution in [0.4, 0.5) is 0 Å². The number of ether oxygens (including phenoxy) is 1. The number of carbonyl (C=O) groups excluding carboxylic acids is 1. The maximum atomic E-state index is 12.2. The Morgan fingerprint density at radius 1 is 1.36 bits per heavy atom. The average Bonchev–Trinajstić information content (AvgIpc) is 2.48. The largest absolute Gasteiger partial charge is 0.493 e. The van der Waals surface area contributed by atoms with Crippen molar-refractivity contribution in [1.29, 1.82) is 0 Å². The molecule has 0 spiro atoms. The lowest BCUT2D eigenvalue weighted by molar-refractivity contribution is -0.134. The number of benzene rings is 1. The van der Waals surface area contributed by atoms with Crippen LogP contribution in [0.25, 0.3) is 0 Å². The molecule has 0 aliphatic carbocycles. The number of hydrogen-bond acceptors (Lipinski definition) is 3. The predicted molar refractivity (Wildman–Crippen MR) is 91.9 cm³/mol. The molecule has 1 N–H and O–H groups in total. The van der Waals surface area contributed by atoms with E-state index in [1.807, 2.05) is 17.0 Å². The van der Waals surface area contributed by atoms with Crippen molar-refractivity contribution in [2.75, 3.05) is 26.2 Å². The molecule has 1 fully saturated rings. The Balaban J connectivity index is 0.00000242. The molecule has 4 nitrogen and oxygen atoms in total. The topological polar surface area (TPSA) is 41.6 Å². The van der Waals surface area contributed by atoms with Gasteiger partial charge in [-0.3, -0.25) is 4.79 Å². The van der Waals surface area contributed by atoms with Crippen LogP contribution < -0.4 is 10.1 Å². The molecule has 2 rings (SSSR count). The van der Waals surface area contributed by atoms with Gasteiger partial charge in [-0.2, -0.15) is 0 Å². The molecule has 0 aromatic heterocycles. The van der Waals surface area contributed by atoms with Gasteiger partial charge in [-0.15, -0.1) is 12.4 Å². The number of nitrogens with zero attached hydrogens (tertiary/aromatic N) is 1. The summed E-state index contributed by atoms with van der Waals surface area (Å²) in [4.78, 5) is 14.1. The van der Waals surface area contributed by atoms with E-state index < -0.39 is 0 Å². The van der Waals surface area contributed by atoms with Crippen molar-refractivity contribution < 1.29 is 9.53 Å². The normalized spacial score (nSPS) is 18.0. The second-order valence-corrected chi connectivity index (χ2v) is 5.96. The summed E-state index contributed by atoms with van der Waals surface area (Å²) in [6, 6.07) is 8.40. The van der Waals surface area contributed by atoms with Gasteiger partial charge < -0.3 is 15.0 Å². The van der Waals surface area contributed by atoms with Crippen LogP contribution in [0, 0.1) is 0 Å². The van der Waals surface area contributed by atoms with Crippen molar-refractivity contribution in [3.63, 3.8) is 0 Å². The fraction of sp³-hybridized carbons (Fsp3) is 0.588. The highest BCUT2D eigenvalue weighted by Gasteiger charge is 2.22. The third-order valence-electron chi connectivity index (χ3n) is 3.95. The number of halogens is 1. The van der Waals surface area contributed by atoms with Gasteiger partial charge in [-0.05, 0) is 30.5 Å². The molecule has 1 aromatic carbocycles. The number of hydrogen-bond donors (Lipinski definition) is 1. The van der Waals surface area contributed by atoms with E-state index in [1.165, 1.54) is 5.56 Å². The molecule has 1 aromatic rings. The Morgan fingerprint density at radius 3 is 2.64 bits per heavy atom. The maximum Gasteiger partial charge on any atom is 0.226 e. The standard InChI is InChI=1S/C17H26N2O2.ClH/c1-13(2)15-4-6-16(7-5-15)21-11-8-17(20)19-10-9-18-12-14(19)3;/h4-7,13-14,18H,8-12H2,1-3H3;1H/t14-;/m0./s1. The number of nitrogens with one attached hydrogen (secondary N) is 1. The van der Waals surface area contributed by atoms with E-state index in [0.29, 0.717) is 18.9 Å². The van der Waals surface area contributed by atoms with Gasteiger partial charge in [0.15, 0.2) is 0 Å². The van der Waals surface area contributed by atoms with E-state index >= 15 is 0 Å². The van der Waals surface area contributed by atoms with Crippen LogP contribution in [0.3, 0.4) is 0 Å². The Morgan fingerprint density at radius 2 is 2.05 bits per heavy atom. The second kappa shape index (κ2) is 9.01. The van der Waals surface area contributed by atoms with E-state index in [9.17, 15) is 4.79 Å². The third kappa shape index (κ3) is 5.18. The number of carbonyl (C=O) groups is 1. The summed E-state index contributed by atoms with van der Waals surface area (Å²) in [5.74, 6) is 1.54. The lowest BCUT2D eigenvalue weighted by Crippen LogP contribution is -2.52. The quantitative estimate of drug-likeness (QED) is 0.904. The summed E-state index contributed by atoms with van der Waals surface area (Å²) >= 11 is 0. The van der Waals surface area contributed by atoms with Crippen molar-refractivity contribution >= 4 is 18.3 Å². The molecule has 22 heavy (non-hydrogen) atoms. The molecule has 124 valence electrons. The summed E-state index contributed by atoms with van der Waals surface area (Å²) in [6.45, 7) is 9.42. The van der Waals surface area contributed by atoms with Crippen LogP contribution in [0.1, 0.15) is 38.7 Å². The first-order chi connectivity index (χ1) is 10.1. The molecule has 1 atom stereocenters. The van der Waals surface area contributed by atoms with Gasteiger partial charge in [0.25, 0.3) is 0 Å². The zero-order chi connectivity index (χ0) is 15.2. The van der Waals surface area contributed by atoms with Gasteiger partial charge >= 0.3 is 0 Å². The SMILES string of the molecule is CC(C)c1ccc(OCCC(=O)N2CCNC[C@@H]2C)cc1.Cl. The minimum Gasteiger partial charge on any atom is -0.493 e. The van der Waals surface area contributed by atoms with Crippen molar-refractivity contribution in [2.24, 2.45) is 0 Å². The summed E-state index contributed by atoms with van der Waals surface area (Å²) in [5.41, 5.74) is 1.30. The molecule has 0 unspecified atom stereocenters. The number of amides is 1. The fourth-order valence-electron chi connectivity index (χ4n) is 2.56. The van der Waals surface area contributed by atoms with Crippen LogP contribution in [-0.4, -0.2) is 43.1 Å². The molecule has 1 saturated heterocycles. The highest BCUT2D eigenvalue weighted by atomic mass is 35.5. The highest BCUT2D eigenvalue weighted by molar-refractivity contribution is 5.85. The van der Waals surface area contributed by atoms with Gasteiger partial charge in [0, 0.05) is 25.7 Å². The van der Waals surface area contributed by atoms with Crippen LogP contribution in [0.5, 0.6) is 5.75 Å². The van der Waals surface area contributed by atoms with Crippen LogP contribution in [0.2, 0.25) is 0 Å². The van der Waals surface area contributed by atoms with Gasteiger partial charge in [-0.1, -0.05) is 26.0 Å². The maximum absolute atomic E-state index is 12.2. The monoisotopic (exact) mass is 326 g/mol. The molecule has 1 aliphatic rings. The minimum atomic E-state index is 0. The van der Waals surface area contributed by atoms with E-state index in [2.05, 4.69) is 38.2 Å². The first-order valence-electron chi connectivity index (χ1n) is 7.81. The summed E-state index contributed by atoms with van der Waals surface area (Å²) in [5, 5.41) is 3.29. The minimum absolute atomic E-state index is 0. The Bertz CT molecular complexity index is 462. The van der Waals surface area contributed by atoms with E-state index in [4.69, 9.17) is 4.74 Å². The van der Waals surface area contributed by atoms with Crippen molar-refractivity contribution in [3.8, 4) is 5.75 Å².